The molecular weight excluding hydrogens is 465 g/mol. The van der Waals surface area contributed by atoms with Crippen LogP contribution in [0.25, 0.3) is 0 Å². The fourth-order valence-corrected chi connectivity index (χ4v) is 4.14. The number of nitrogens with one attached hydrogen (secondary N) is 2. The summed E-state index contributed by atoms with van der Waals surface area (Å²) >= 11 is 0. The maximum absolute atomic E-state index is 14.7. The molecule has 1 fully saturated rings. The van der Waals surface area contributed by atoms with Gasteiger partial charge in [0, 0.05) is 18.5 Å². The molecule has 4 rings (SSSR count). The van der Waals surface area contributed by atoms with Gasteiger partial charge < -0.3 is 10.4 Å². The molecule has 0 spiro atoms. The smallest absolute Gasteiger partial charge is 0.374 e. The monoisotopic (exact) mass is 483 g/mol. The number of rotatable bonds is 4. The minimum absolute atomic E-state index is 0.0419. The van der Waals surface area contributed by atoms with E-state index in [-0.39, 0.29) is 30.5 Å². The molecule has 0 aromatic heterocycles. The highest BCUT2D eigenvalue weighted by Crippen LogP contribution is 2.37. The summed E-state index contributed by atoms with van der Waals surface area (Å²) in [5.74, 6) is -4.38. The molecular formula is C22H18F5N3O4. The molecule has 0 bridgehead atoms. The van der Waals surface area contributed by atoms with Crippen molar-refractivity contribution in [2.75, 3.05) is 0 Å². The van der Waals surface area contributed by atoms with Crippen LogP contribution >= 0.6 is 0 Å². The number of alkyl halides is 3. The number of carbonyl (C=O) groups is 3. The number of amides is 3. The van der Waals surface area contributed by atoms with Crippen molar-refractivity contribution in [2.24, 2.45) is 0 Å². The van der Waals surface area contributed by atoms with Crippen LogP contribution in [0.15, 0.2) is 36.4 Å². The molecule has 0 aliphatic carbocycles. The highest BCUT2D eigenvalue weighted by molar-refractivity contribution is 6.00. The number of nitrogens with zero attached hydrogens (tertiary/aromatic N) is 1. The van der Waals surface area contributed by atoms with E-state index in [0.29, 0.717) is 0 Å². The zero-order valence-electron chi connectivity index (χ0n) is 17.3. The fourth-order valence-electron chi connectivity index (χ4n) is 4.14. The lowest BCUT2D eigenvalue weighted by Gasteiger charge is -2.31. The second kappa shape index (κ2) is 8.76. The number of imide groups is 1. The molecule has 3 amide bonds. The van der Waals surface area contributed by atoms with Gasteiger partial charge in [0.2, 0.25) is 11.8 Å². The van der Waals surface area contributed by atoms with Crippen molar-refractivity contribution in [3.63, 3.8) is 0 Å². The fraction of sp³-hybridized carbons (Fsp3) is 0.318. The zero-order valence-corrected chi connectivity index (χ0v) is 17.3. The number of aliphatic hydroxyl groups excluding tert-OH is 1. The molecule has 2 aliphatic rings. The van der Waals surface area contributed by atoms with Crippen LogP contribution in [0.2, 0.25) is 0 Å². The molecule has 34 heavy (non-hydrogen) atoms. The van der Waals surface area contributed by atoms with Gasteiger partial charge >= 0.3 is 6.18 Å². The van der Waals surface area contributed by atoms with E-state index >= 15 is 0 Å². The largest absolute Gasteiger partial charge is 0.412 e. The van der Waals surface area contributed by atoms with Gasteiger partial charge in [-0.25, -0.2) is 8.78 Å². The number of hydrogen-bond donors (Lipinski definition) is 3. The lowest BCUT2D eigenvalue weighted by molar-refractivity contribution is -0.155. The van der Waals surface area contributed by atoms with Gasteiger partial charge in [0.05, 0.1) is 11.6 Å². The molecule has 2 aromatic carbocycles. The Hall–Kier alpha value is -3.38. The number of benzene rings is 2. The van der Waals surface area contributed by atoms with E-state index in [9.17, 15) is 41.4 Å². The predicted octanol–water partition coefficient (Wildman–Crippen LogP) is 2.61. The first-order valence-corrected chi connectivity index (χ1v) is 10.2. The summed E-state index contributed by atoms with van der Waals surface area (Å²) in [6.45, 7) is -0.0933. The van der Waals surface area contributed by atoms with E-state index in [1.54, 1.807) is 5.32 Å². The Kier molecular flexibility index (Phi) is 6.13. The summed E-state index contributed by atoms with van der Waals surface area (Å²) in [5, 5.41) is 14.5. The summed E-state index contributed by atoms with van der Waals surface area (Å²) < 4.78 is 68.5. The third kappa shape index (κ3) is 4.50. The third-order valence-corrected chi connectivity index (χ3v) is 5.84. The lowest BCUT2D eigenvalue weighted by Crippen LogP contribution is -2.51. The molecule has 1 saturated heterocycles. The van der Waals surface area contributed by atoms with Crippen LogP contribution in [0.1, 0.15) is 52.2 Å². The molecule has 180 valence electrons. The number of fused-ring (bicyclic) bond motifs is 1. The molecule has 3 N–H and O–H groups in total. The maximum atomic E-state index is 14.7. The average molecular weight is 483 g/mol. The topological polar surface area (TPSA) is 98.7 Å². The Labute approximate surface area is 189 Å². The van der Waals surface area contributed by atoms with Crippen molar-refractivity contribution in [2.45, 2.75) is 43.9 Å². The first-order chi connectivity index (χ1) is 16.0. The van der Waals surface area contributed by atoms with Gasteiger partial charge in [0.15, 0.2) is 6.04 Å². The van der Waals surface area contributed by atoms with Crippen LogP contribution in [0.4, 0.5) is 22.0 Å². The van der Waals surface area contributed by atoms with Gasteiger partial charge in [-0.3, -0.25) is 24.6 Å². The van der Waals surface area contributed by atoms with E-state index in [4.69, 9.17) is 0 Å². The van der Waals surface area contributed by atoms with E-state index in [1.165, 1.54) is 4.90 Å². The van der Waals surface area contributed by atoms with Crippen molar-refractivity contribution in [3.05, 3.63) is 70.3 Å². The Morgan fingerprint density at radius 2 is 1.82 bits per heavy atom. The van der Waals surface area contributed by atoms with Crippen LogP contribution in [0.3, 0.4) is 0 Å². The van der Waals surface area contributed by atoms with Gasteiger partial charge in [0.1, 0.15) is 17.9 Å². The van der Waals surface area contributed by atoms with Crippen molar-refractivity contribution >= 4 is 17.7 Å². The molecule has 12 heteroatoms. The second-order valence-electron chi connectivity index (χ2n) is 8.04. The van der Waals surface area contributed by atoms with Crippen LogP contribution in [0.5, 0.6) is 0 Å². The van der Waals surface area contributed by atoms with Crippen LogP contribution in [-0.4, -0.2) is 39.9 Å². The summed E-state index contributed by atoms with van der Waals surface area (Å²) in [4.78, 5) is 37.4. The normalized spacial score (nSPS) is 21.7. The number of halogens is 5. The van der Waals surface area contributed by atoms with Crippen LogP contribution in [-0.2, 0) is 16.1 Å². The first-order valence-electron chi connectivity index (χ1n) is 10.2. The van der Waals surface area contributed by atoms with Crippen LogP contribution in [0, 0.1) is 11.6 Å². The highest BCUT2D eigenvalue weighted by Gasteiger charge is 2.43. The minimum atomic E-state index is -4.94. The van der Waals surface area contributed by atoms with Crippen LogP contribution < -0.4 is 10.6 Å². The molecule has 7 nitrogen and oxygen atoms in total. The Bertz CT molecular complexity index is 1150. The van der Waals surface area contributed by atoms with Gasteiger partial charge in [-0.2, -0.15) is 13.2 Å². The van der Waals surface area contributed by atoms with E-state index in [0.717, 1.165) is 36.4 Å². The minimum Gasteiger partial charge on any atom is -0.374 e. The Balaban J connectivity index is 1.58. The Morgan fingerprint density at radius 3 is 2.44 bits per heavy atom. The number of carbonyl (C=O) groups excluding carboxylic acids is 3. The summed E-state index contributed by atoms with van der Waals surface area (Å²) in [6.07, 6.45) is -6.19. The van der Waals surface area contributed by atoms with Gasteiger partial charge in [-0.05, 0) is 41.8 Å². The van der Waals surface area contributed by atoms with Crippen molar-refractivity contribution in [1.82, 2.24) is 15.5 Å². The summed E-state index contributed by atoms with van der Waals surface area (Å²) in [6, 6.07) is 1.80. The van der Waals surface area contributed by atoms with Gasteiger partial charge in [0.25, 0.3) is 5.91 Å². The maximum Gasteiger partial charge on any atom is 0.412 e. The number of hydrogen-bond acceptors (Lipinski definition) is 5. The third-order valence-electron chi connectivity index (χ3n) is 5.84. The van der Waals surface area contributed by atoms with E-state index in [2.05, 4.69) is 5.32 Å². The molecule has 0 radical (unpaired) electrons. The molecule has 2 aliphatic heterocycles. The van der Waals surface area contributed by atoms with E-state index < -0.39 is 65.0 Å². The molecule has 0 saturated carbocycles. The number of piperidine rings is 1. The first kappa shape index (κ1) is 23.8. The average Bonchev–Trinajstić information content (AvgIpc) is 3.06. The molecule has 3 atom stereocenters. The van der Waals surface area contributed by atoms with Gasteiger partial charge in [-0.15, -0.1) is 0 Å². The SMILES string of the molecule is O=C1CCC(N2Cc3cc(C(=O)N[C@H](c4ccc(F)cc4)C(F)(F)F)c(F)cc3C2O)C(=O)N1. The predicted molar refractivity (Wildman–Crippen MR) is 106 cm³/mol. The zero-order chi connectivity index (χ0) is 24.8. The molecule has 2 aromatic rings. The molecule has 2 unspecified atom stereocenters. The highest BCUT2D eigenvalue weighted by atomic mass is 19.4. The number of aliphatic hydroxyl groups is 1. The standard InChI is InChI=1S/C22H18F5N3O4/c23-12-3-1-10(2-4-12)18(22(25,26)27)29-19(32)14-7-11-9-30(21(34)13(11)8-15(14)24)16-5-6-17(31)28-20(16)33/h1-4,7-8,16,18,21,34H,5-6,9H2,(H,29,32)(H,28,31,33)/t16?,18-,21?/m1/s1. The van der Waals surface area contributed by atoms with Crippen molar-refractivity contribution in [1.29, 1.82) is 0 Å². The second-order valence-corrected chi connectivity index (χ2v) is 8.04. The van der Waals surface area contributed by atoms with Gasteiger partial charge in [-0.1, -0.05) is 12.1 Å². The Morgan fingerprint density at radius 1 is 1.15 bits per heavy atom. The summed E-state index contributed by atoms with van der Waals surface area (Å²) in [7, 11) is 0. The quantitative estimate of drug-likeness (QED) is 0.459. The van der Waals surface area contributed by atoms with Crippen molar-refractivity contribution in [3.8, 4) is 0 Å². The van der Waals surface area contributed by atoms with E-state index in [1.807, 2.05) is 0 Å². The lowest BCUT2D eigenvalue weighted by atomic mass is 10.0. The summed E-state index contributed by atoms with van der Waals surface area (Å²) in [5.41, 5.74) is -0.825. The molecule has 2 heterocycles. The van der Waals surface area contributed by atoms with Crippen molar-refractivity contribution < 1.29 is 41.4 Å².